The highest BCUT2D eigenvalue weighted by atomic mass is 35.5. The maximum Gasteiger partial charge on any atom is 0.0658 e. The second kappa shape index (κ2) is 2.61. The molecule has 1 aromatic carbocycles. The fourth-order valence-corrected chi connectivity index (χ4v) is 2.54. The topological polar surface area (TPSA) is 12.0 Å². The molecule has 3 heteroatoms. The molecule has 1 aromatic rings. The number of halogens is 1. The van der Waals surface area contributed by atoms with Crippen molar-refractivity contribution in [2.45, 2.75) is 11.8 Å². The molecule has 0 aliphatic carbocycles. The second-order valence-electron chi connectivity index (χ2n) is 2.56. The third kappa shape index (κ3) is 1.21. The minimum atomic E-state index is 0.831. The van der Waals surface area contributed by atoms with E-state index in [9.17, 15) is 0 Å². The van der Waals surface area contributed by atoms with Crippen molar-refractivity contribution in [3.63, 3.8) is 0 Å². The zero-order valence-electron chi connectivity index (χ0n) is 6.15. The Balaban J connectivity index is 2.60. The third-order valence-electron chi connectivity index (χ3n) is 1.74. The highest BCUT2D eigenvalue weighted by Gasteiger charge is 2.12. The lowest BCUT2D eigenvalue weighted by Gasteiger charge is -2.02. The first kappa shape index (κ1) is 7.32. The summed E-state index contributed by atoms with van der Waals surface area (Å²) in [6.07, 6.45) is 0. The molecule has 0 radical (unpaired) electrons. The minimum Gasteiger partial charge on any atom is -0.375 e. The van der Waals surface area contributed by atoms with Crippen LogP contribution in [0.2, 0.25) is 5.02 Å². The predicted octanol–water partition coefficient (Wildman–Crippen LogP) is 3.12. The number of fused-ring (bicyclic) bond motifs is 1. The van der Waals surface area contributed by atoms with Crippen LogP contribution >= 0.6 is 23.4 Å². The highest BCUT2D eigenvalue weighted by Crippen LogP contribution is 2.37. The van der Waals surface area contributed by atoms with Crippen LogP contribution in [0, 0.1) is 6.92 Å². The lowest BCUT2D eigenvalue weighted by molar-refractivity contribution is 1.34. The van der Waals surface area contributed by atoms with Crippen molar-refractivity contribution in [1.29, 1.82) is 0 Å². The summed E-state index contributed by atoms with van der Waals surface area (Å²) in [7, 11) is 0. The van der Waals surface area contributed by atoms with E-state index in [1.54, 1.807) is 11.8 Å². The molecule has 0 bridgehead atoms. The van der Waals surface area contributed by atoms with E-state index in [0.717, 1.165) is 10.9 Å². The van der Waals surface area contributed by atoms with Crippen molar-refractivity contribution in [3.8, 4) is 0 Å². The van der Waals surface area contributed by atoms with Gasteiger partial charge in [0.05, 0.1) is 11.6 Å². The van der Waals surface area contributed by atoms with Crippen LogP contribution in [0.5, 0.6) is 0 Å². The van der Waals surface area contributed by atoms with Gasteiger partial charge in [0, 0.05) is 9.92 Å². The monoisotopic (exact) mass is 185 g/mol. The summed E-state index contributed by atoms with van der Waals surface area (Å²) in [4.78, 5) is 1.27. The Hall–Kier alpha value is -0.340. The average Bonchev–Trinajstić information content (AvgIpc) is 2.34. The maximum atomic E-state index is 5.89. The van der Waals surface area contributed by atoms with E-state index in [1.807, 2.05) is 12.1 Å². The van der Waals surface area contributed by atoms with E-state index >= 15 is 0 Å². The molecule has 1 nitrogen and oxygen atoms in total. The van der Waals surface area contributed by atoms with Crippen molar-refractivity contribution >= 4 is 29.1 Å². The molecule has 1 N–H and O–H groups in total. The van der Waals surface area contributed by atoms with Crippen molar-refractivity contribution in [3.05, 3.63) is 22.7 Å². The van der Waals surface area contributed by atoms with Crippen LogP contribution in [-0.4, -0.2) is 5.88 Å². The van der Waals surface area contributed by atoms with Gasteiger partial charge in [-0.2, -0.15) is 0 Å². The number of anilines is 1. The summed E-state index contributed by atoms with van der Waals surface area (Å²) in [6, 6.07) is 3.99. The van der Waals surface area contributed by atoms with Gasteiger partial charge in [-0.15, -0.1) is 11.8 Å². The molecule has 1 aliphatic heterocycles. The molecule has 58 valence electrons. The van der Waals surface area contributed by atoms with Gasteiger partial charge in [0.1, 0.15) is 0 Å². The average molecular weight is 186 g/mol. The van der Waals surface area contributed by atoms with Gasteiger partial charge < -0.3 is 5.32 Å². The molecule has 0 saturated carbocycles. The molecular weight excluding hydrogens is 178 g/mol. The summed E-state index contributed by atoms with van der Waals surface area (Å²) in [6.45, 7) is 2.07. The largest absolute Gasteiger partial charge is 0.375 e. The molecule has 0 aromatic heterocycles. The van der Waals surface area contributed by atoms with Crippen molar-refractivity contribution in [2.24, 2.45) is 0 Å². The zero-order valence-corrected chi connectivity index (χ0v) is 7.72. The summed E-state index contributed by atoms with van der Waals surface area (Å²) < 4.78 is 0. The smallest absolute Gasteiger partial charge is 0.0658 e. The van der Waals surface area contributed by atoms with Crippen LogP contribution in [-0.2, 0) is 0 Å². The Labute approximate surface area is 75.1 Å². The highest BCUT2D eigenvalue weighted by molar-refractivity contribution is 7.99. The molecule has 0 spiro atoms. The molecular formula is C8H8ClNS. The van der Waals surface area contributed by atoms with E-state index in [0.29, 0.717) is 0 Å². The van der Waals surface area contributed by atoms with Gasteiger partial charge in [-0.1, -0.05) is 11.6 Å². The van der Waals surface area contributed by atoms with Crippen molar-refractivity contribution in [2.75, 3.05) is 11.2 Å². The molecule has 0 saturated heterocycles. The zero-order chi connectivity index (χ0) is 7.84. The minimum absolute atomic E-state index is 0.831. The number of aryl methyl sites for hydroxylation is 1. The van der Waals surface area contributed by atoms with Crippen LogP contribution in [0.3, 0.4) is 0 Å². The quantitative estimate of drug-likeness (QED) is 0.667. The number of rotatable bonds is 0. The third-order valence-corrected chi connectivity index (χ3v) is 2.88. The molecule has 0 atom stereocenters. The number of hydrogen-bond acceptors (Lipinski definition) is 2. The number of hydrogen-bond donors (Lipinski definition) is 1. The second-order valence-corrected chi connectivity index (χ2v) is 4.01. The summed E-state index contributed by atoms with van der Waals surface area (Å²) in [5, 5.41) is 4.13. The SMILES string of the molecule is Cc1cc(Cl)cc2c1NCS2. The normalized spacial score (nSPS) is 14.4. The Bertz CT molecular complexity index is 298. The molecule has 11 heavy (non-hydrogen) atoms. The van der Waals surface area contributed by atoms with Gasteiger partial charge in [0.15, 0.2) is 0 Å². The lowest BCUT2D eigenvalue weighted by Crippen LogP contribution is -1.90. The van der Waals surface area contributed by atoms with E-state index in [1.165, 1.54) is 16.1 Å². The van der Waals surface area contributed by atoms with Gasteiger partial charge in [0.25, 0.3) is 0 Å². The number of thioether (sulfide) groups is 1. The van der Waals surface area contributed by atoms with E-state index in [-0.39, 0.29) is 0 Å². The Morgan fingerprint density at radius 3 is 3.18 bits per heavy atom. The van der Waals surface area contributed by atoms with Crippen LogP contribution in [0.4, 0.5) is 5.69 Å². The fourth-order valence-electron chi connectivity index (χ4n) is 1.24. The predicted molar refractivity (Wildman–Crippen MR) is 50.5 cm³/mol. The number of benzene rings is 1. The first-order valence-electron chi connectivity index (χ1n) is 3.44. The molecule has 0 fully saturated rings. The van der Waals surface area contributed by atoms with Crippen LogP contribution in [0.1, 0.15) is 5.56 Å². The number of nitrogens with one attached hydrogen (secondary N) is 1. The summed E-state index contributed by atoms with van der Waals surface area (Å²) in [5.74, 6) is 0.969. The van der Waals surface area contributed by atoms with Crippen LogP contribution in [0.25, 0.3) is 0 Å². The van der Waals surface area contributed by atoms with E-state index in [2.05, 4.69) is 12.2 Å². The standard InChI is InChI=1S/C8H8ClNS/c1-5-2-6(9)3-7-8(5)10-4-11-7/h2-3,10H,4H2,1H3. The molecule has 1 heterocycles. The van der Waals surface area contributed by atoms with Crippen LogP contribution in [0.15, 0.2) is 17.0 Å². The summed E-state index contributed by atoms with van der Waals surface area (Å²) >= 11 is 7.69. The van der Waals surface area contributed by atoms with Gasteiger partial charge in [-0.05, 0) is 24.6 Å². The fraction of sp³-hybridized carbons (Fsp3) is 0.250. The van der Waals surface area contributed by atoms with Gasteiger partial charge in [-0.3, -0.25) is 0 Å². The lowest BCUT2D eigenvalue weighted by atomic mass is 10.2. The van der Waals surface area contributed by atoms with E-state index < -0.39 is 0 Å². The van der Waals surface area contributed by atoms with Crippen LogP contribution < -0.4 is 5.32 Å². The molecule has 1 aliphatic rings. The Morgan fingerprint density at radius 2 is 2.36 bits per heavy atom. The Kier molecular flexibility index (Phi) is 1.74. The van der Waals surface area contributed by atoms with Gasteiger partial charge in [-0.25, -0.2) is 0 Å². The van der Waals surface area contributed by atoms with E-state index in [4.69, 9.17) is 11.6 Å². The molecule has 0 unspecified atom stereocenters. The molecule has 2 rings (SSSR count). The van der Waals surface area contributed by atoms with Gasteiger partial charge in [0.2, 0.25) is 0 Å². The van der Waals surface area contributed by atoms with Crippen molar-refractivity contribution < 1.29 is 0 Å². The van der Waals surface area contributed by atoms with Crippen molar-refractivity contribution in [1.82, 2.24) is 0 Å². The summed E-state index contributed by atoms with van der Waals surface area (Å²) in [5.41, 5.74) is 2.48. The Morgan fingerprint density at radius 1 is 1.55 bits per heavy atom. The maximum absolute atomic E-state index is 5.89. The molecule has 0 amide bonds. The van der Waals surface area contributed by atoms with Gasteiger partial charge >= 0.3 is 0 Å². The first-order chi connectivity index (χ1) is 5.27. The first-order valence-corrected chi connectivity index (χ1v) is 4.80.